The molecule has 0 unspecified atom stereocenters. The molecule has 5 rings (SSSR count). The van der Waals surface area contributed by atoms with Gasteiger partial charge in [-0.15, -0.1) is 0 Å². The van der Waals surface area contributed by atoms with Gasteiger partial charge in [-0.3, -0.25) is 19.2 Å². The summed E-state index contributed by atoms with van der Waals surface area (Å²) in [5, 5.41) is 2.50. The highest BCUT2D eigenvalue weighted by atomic mass is 79.9. The molecule has 1 spiro atoms. The summed E-state index contributed by atoms with van der Waals surface area (Å²) < 4.78 is 43.1. The van der Waals surface area contributed by atoms with Crippen LogP contribution in [-0.2, 0) is 19.8 Å². The van der Waals surface area contributed by atoms with Gasteiger partial charge in [0, 0.05) is 35.2 Å². The third-order valence-corrected chi connectivity index (χ3v) is 8.40. The lowest BCUT2D eigenvalue weighted by Gasteiger charge is -2.33. The monoisotopic (exact) mass is 633 g/mol. The number of aromatic nitrogens is 1. The van der Waals surface area contributed by atoms with Gasteiger partial charge < -0.3 is 25.8 Å². The quantitative estimate of drug-likeness (QED) is 0.357. The first-order valence-electron chi connectivity index (χ1n) is 12.9. The number of benzene rings is 2. The van der Waals surface area contributed by atoms with E-state index >= 15 is 0 Å². The minimum Gasteiger partial charge on any atom is -0.368 e. The maximum Gasteiger partial charge on any atom is 0.270 e. The van der Waals surface area contributed by atoms with E-state index in [2.05, 4.69) is 26.2 Å². The molecule has 2 aliphatic rings. The summed E-state index contributed by atoms with van der Waals surface area (Å²) in [6.45, 7) is 3.54. The molecule has 0 saturated carbocycles. The third-order valence-electron chi connectivity index (χ3n) is 7.91. The molecule has 4 N–H and O–H groups in total. The number of hydrogen-bond donors (Lipinski definition) is 3. The topological polar surface area (TPSA) is 129 Å². The Labute approximate surface area is 241 Å². The van der Waals surface area contributed by atoms with Crippen LogP contribution in [0.25, 0.3) is 10.9 Å². The van der Waals surface area contributed by atoms with Gasteiger partial charge in [0.15, 0.2) is 11.6 Å². The van der Waals surface area contributed by atoms with Gasteiger partial charge in [0.25, 0.3) is 5.91 Å². The van der Waals surface area contributed by atoms with Gasteiger partial charge in [0.05, 0.1) is 10.9 Å². The number of likely N-dealkylation sites (N-methyl/N-ethyl adjacent to an activating group) is 1. The van der Waals surface area contributed by atoms with Crippen LogP contribution in [0, 0.1) is 23.4 Å². The molecule has 9 nitrogen and oxygen atoms in total. The van der Waals surface area contributed by atoms with E-state index in [1.165, 1.54) is 11.9 Å². The van der Waals surface area contributed by atoms with Crippen LogP contribution in [0.2, 0.25) is 0 Å². The van der Waals surface area contributed by atoms with E-state index in [9.17, 15) is 32.3 Å². The molecule has 0 radical (unpaired) electrons. The lowest BCUT2D eigenvalue weighted by Crippen LogP contribution is -2.54. The van der Waals surface area contributed by atoms with E-state index < -0.39 is 58.2 Å². The zero-order chi connectivity index (χ0) is 30.0. The predicted octanol–water partition coefficient (Wildman–Crippen LogP) is 3.81. The van der Waals surface area contributed by atoms with Crippen LogP contribution >= 0.6 is 15.9 Å². The van der Waals surface area contributed by atoms with E-state index in [-0.39, 0.29) is 42.3 Å². The highest BCUT2D eigenvalue weighted by Gasteiger charge is 2.58. The second-order valence-electron chi connectivity index (χ2n) is 11.0. The largest absolute Gasteiger partial charge is 0.368 e. The number of rotatable bonds is 6. The van der Waals surface area contributed by atoms with Crippen LogP contribution in [0.15, 0.2) is 34.8 Å². The van der Waals surface area contributed by atoms with Crippen molar-refractivity contribution in [2.75, 3.05) is 18.9 Å². The Morgan fingerprint density at radius 3 is 2.54 bits per heavy atom. The van der Waals surface area contributed by atoms with Gasteiger partial charge in [-0.05, 0) is 42.5 Å². The standard InChI is InChI=1S/C28H27BrF3N5O4/c1-12(2)6-20(36(3)25(39)19-8-14-16(30)9-17(31)22(32)23(14)34-19)26(40)37-11-28(10-21(37)24(33)38)15-5-4-13(29)7-18(15)35-27(28)41/h4-5,7-9,12,20-21,34H,6,10-11H2,1-3H3,(H2,33,38)(H,35,41)/t20-,21-,28-/m0/s1. The van der Waals surface area contributed by atoms with Crippen molar-refractivity contribution in [1.29, 1.82) is 0 Å². The Kier molecular flexibility index (Phi) is 7.13. The molecule has 0 bridgehead atoms. The van der Waals surface area contributed by atoms with Gasteiger partial charge in [0.1, 0.15) is 23.6 Å². The number of carbonyl (C=O) groups is 4. The number of nitrogens with zero attached hydrogens (tertiary/aromatic N) is 2. The van der Waals surface area contributed by atoms with Crippen molar-refractivity contribution >= 4 is 56.1 Å². The van der Waals surface area contributed by atoms with Crippen LogP contribution in [-0.4, -0.2) is 64.1 Å². The molecular weight excluding hydrogens is 607 g/mol. The second kappa shape index (κ2) is 10.2. The van der Waals surface area contributed by atoms with E-state index in [0.29, 0.717) is 17.3 Å². The number of nitrogens with two attached hydrogens (primary N) is 1. The summed E-state index contributed by atoms with van der Waals surface area (Å²) in [4.78, 5) is 58.3. The number of anilines is 1. The molecule has 41 heavy (non-hydrogen) atoms. The lowest BCUT2D eigenvalue weighted by molar-refractivity contribution is -0.141. The normalized spacial score (nSPS) is 20.5. The summed E-state index contributed by atoms with van der Waals surface area (Å²) in [5.74, 6) is -6.45. The van der Waals surface area contributed by atoms with Crippen molar-refractivity contribution in [3.8, 4) is 0 Å². The van der Waals surface area contributed by atoms with E-state index in [1.807, 2.05) is 13.8 Å². The Bertz CT molecular complexity index is 1630. The molecule has 13 heteroatoms. The van der Waals surface area contributed by atoms with Gasteiger partial charge in [-0.1, -0.05) is 35.8 Å². The number of likely N-dealkylation sites (tertiary alicyclic amines) is 1. The van der Waals surface area contributed by atoms with Crippen molar-refractivity contribution in [1.82, 2.24) is 14.8 Å². The van der Waals surface area contributed by atoms with Crippen molar-refractivity contribution in [2.45, 2.75) is 44.2 Å². The molecule has 1 fully saturated rings. The van der Waals surface area contributed by atoms with Crippen LogP contribution < -0.4 is 11.1 Å². The highest BCUT2D eigenvalue weighted by Crippen LogP contribution is 2.47. The predicted molar refractivity (Wildman–Crippen MR) is 147 cm³/mol. The first kappa shape index (κ1) is 28.7. The van der Waals surface area contributed by atoms with Crippen molar-refractivity contribution in [2.24, 2.45) is 11.7 Å². The summed E-state index contributed by atoms with van der Waals surface area (Å²) in [6, 6.07) is 4.44. The molecule has 216 valence electrons. The first-order chi connectivity index (χ1) is 19.2. The Morgan fingerprint density at radius 2 is 1.88 bits per heavy atom. The van der Waals surface area contributed by atoms with Gasteiger partial charge >= 0.3 is 0 Å². The molecule has 1 aromatic heterocycles. The smallest absolute Gasteiger partial charge is 0.270 e. The summed E-state index contributed by atoms with van der Waals surface area (Å²) in [7, 11) is 1.35. The van der Waals surface area contributed by atoms with Crippen molar-refractivity contribution < 1.29 is 32.3 Å². The molecule has 1 saturated heterocycles. The number of hydrogen-bond acceptors (Lipinski definition) is 4. The zero-order valence-electron chi connectivity index (χ0n) is 22.4. The number of fused-ring (bicyclic) bond motifs is 3. The molecule has 4 amide bonds. The molecule has 2 aliphatic heterocycles. The molecule has 3 heterocycles. The van der Waals surface area contributed by atoms with E-state index in [0.717, 1.165) is 15.4 Å². The molecular formula is C28H27BrF3N5O4. The number of aromatic amines is 1. The fraction of sp³-hybridized carbons (Fsp3) is 0.357. The third kappa shape index (κ3) is 4.65. The maximum atomic E-state index is 14.3. The summed E-state index contributed by atoms with van der Waals surface area (Å²) >= 11 is 3.37. The van der Waals surface area contributed by atoms with Gasteiger partial charge in [-0.2, -0.15) is 0 Å². The number of carbonyl (C=O) groups excluding carboxylic acids is 4. The lowest BCUT2D eigenvalue weighted by atomic mass is 9.79. The van der Waals surface area contributed by atoms with Gasteiger partial charge in [-0.25, -0.2) is 13.2 Å². The fourth-order valence-electron chi connectivity index (χ4n) is 5.85. The van der Waals surface area contributed by atoms with Crippen LogP contribution in [0.3, 0.4) is 0 Å². The molecule has 3 aromatic rings. The summed E-state index contributed by atoms with van der Waals surface area (Å²) in [5.41, 5.74) is 4.92. The Morgan fingerprint density at radius 1 is 1.17 bits per heavy atom. The van der Waals surface area contributed by atoms with E-state index in [1.54, 1.807) is 18.2 Å². The van der Waals surface area contributed by atoms with Crippen LogP contribution in [0.4, 0.5) is 18.9 Å². The number of H-pyrrole nitrogens is 1. The Balaban J connectivity index is 1.50. The van der Waals surface area contributed by atoms with E-state index in [4.69, 9.17) is 5.73 Å². The number of halogens is 4. The average Bonchev–Trinajstić information content (AvgIpc) is 3.60. The minimum absolute atomic E-state index is 0.0350. The highest BCUT2D eigenvalue weighted by molar-refractivity contribution is 9.10. The molecule has 2 aromatic carbocycles. The summed E-state index contributed by atoms with van der Waals surface area (Å²) in [6.07, 6.45) is 0.135. The molecule has 3 atom stereocenters. The first-order valence-corrected chi connectivity index (χ1v) is 13.7. The number of amides is 4. The van der Waals surface area contributed by atoms with Crippen molar-refractivity contribution in [3.63, 3.8) is 0 Å². The number of primary amides is 1. The van der Waals surface area contributed by atoms with Crippen LogP contribution in [0.1, 0.15) is 42.7 Å². The average molecular weight is 634 g/mol. The zero-order valence-corrected chi connectivity index (χ0v) is 23.9. The van der Waals surface area contributed by atoms with Crippen LogP contribution in [0.5, 0.6) is 0 Å². The molecule has 0 aliphatic carbocycles. The second-order valence-corrected chi connectivity index (χ2v) is 11.9. The Hall–Kier alpha value is -3.87. The fourth-order valence-corrected chi connectivity index (χ4v) is 6.21. The SMILES string of the molecule is CC(C)C[C@@H](C(=O)N1C[C@]2(C[C@H]1C(N)=O)C(=O)Nc1cc(Br)ccc12)N(C)C(=O)c1cc2c(F)cc(F)c(F)c2[nH]1. The number of nitrogens with one attached hydrogen (secondary N) is 2. The van der Waals surface area contributed by atoms with Gasteiger partial charge in [0.2, 0.25) is 17.7 Å². The van der Waals surface area contributed by atoms with Crippen molar-refractivity contribution in [3.05, 3.63) is 63.5 Å². The minimum atomic E-state index is -1.41. The maximum absolute atomic E-state index is 14.3.